The summed E-state index contributed by atoms with van der Waals surface area (Å²) in [5.74, 6) is 4.85. The monoisotopic (exact) mass is 277 g/mol. The molecule has 0 aromatic heterocycles. The molecule has 1 nitrogen and oxygen atoms in total. The summed E-state index contributed by atoms with van der Waals surface area (Å²) in [5.41, 5.74) is 5.74. The van der Waals surface area contributed by atoms with Gasteiger partial charge in [0.1, 0.15) is 0 Å². The van der Waals surface area contributed by atoms with Crippen LogP contribution < -0.4 is 5.73 Å². The van der Waals surface area contributed by atoms with Crippen LogP contribution in [0.5, 0.6) is 0 Å². The predicted octanol–water partition coefficient (Wildman–Crippen LogP) is 5.16. The van der Waals surface area contributed by atoms with E-state index in [0.717, 1.165) is 36.1 Å². The number of fused-ring (bicyclic) bond motifs is 1. The molecule has 0 radical (unpaired) electrons. The fourth-order valence-electron chi connectivity index (χ4n) is 4.87. The molecule has 5 atom stereocenters. The molecule has 2 N–H and O–H groups in total. The van der Waals surface area contributed by atoms with E-state index in [4.69, 9.17) is 5.73 Å². The molecule has 0 aromatic carbocycles. The van der Waals surface area contributed by atoms with E-state index in [-0.39, 0.29) is 0 Å². The van der Waals surface area contributed by atoms with Gasteiger partial charge in [-0.25, -0.2) is 0 Å². The van der Waals surface area contributed by atoms with E-state index in [2.05, 4.69) is 26.0 Å². The second kappa shape index (κ2) is 8.22. The smallest absolute Gasteiger partial charge is 0.00717 e. The average molecular weight is 277 g/mol. The third-order valence-electron chi connectivity index (χ3n) is 6.07. The lowest BCUT2D eigenvalue weighted by Crippen LogP contribution is -2.33. The Bertz CT molecular complexity index is 296. The molecule has 0 heterocycles. The molecule has 2 aliphatic carbocycles. The SMILES string of the molecule is CC=CC(CCN)CCC1CCC2CCCC(C)C2C1. The maximum absolute atomic E-state index is 5.74. The first kappa shape index (κ1) is 16.1. The van der Waals surface area contributed by atoms with Gasteiger partial charge in [-0.05, 0) is 75.2 Å². The molecular formula is C19H35N. The van der Waals surface area contributed by atoms with Crippen molar-refractivity contribution in [1.29, 1.82) is 0 Å². The number of rotatable bonds is 6. The molecule has 1 heteroatoms. The van der Waals surface area contributed by atoms with Crippen molar-refractivity contribution in [2.24, 2.45) is 35.3 Å². The van der Waals surface area contributed by atoms with Gasteiger partial charge in [0.25, 0.3) is 0 Å². The Morgan fingerprint density at radius 3 is 2.75 bits per heavy atom. The van der Waals surface area contributed by atoms with Gasteiger partial charge in [0, 0.05) is 0 Å². The lowest BCUT2D eigenvalue weighted by molar-refractivity contribution is 0.0779. The molecule has 2 rings (SSSR count). The van der Waals surface area contributed by atoms with Gasteiger partial charge in [0.2, 0.25) is 0 Å². The standard InChI is InChI=1S/C19H35N/c1-3-5-16(12-13-20)8-9-17-10-11-18-7-4-6-15(2)19(18)14-17/h3,5,15-19H,4,6-14,20H2,1-2H3. The summed E-state index contributed by atoms with van der Waals surface area (Å²) in [5, 5.41) is 0. The van der Waals surface area contributed by atoms with Crippen molar-refractivity contribution in [2.75, 3.05) is 6.54 Å². The van der Waals surface area contributed by atoms with Gasteiger partial charge in [-0.15, -0.1) is 0 Å². The Hall–Kier alpha value is -0.300. The average Bonchev–Trinajstić information content (AvgIpc) is 2.46. The van der Waals surface area contributed by atoms with Crippen LogP contribution in [-0.4, -0.2) is 6.54 Å². The minimum atomic E-state index is 0.728. The van der Waals surface area contributed by atoms with E-state index < -0.39 is 0 Å². The van der Waals surface area contributed by atoms with Crippen molar-refractivity contribution >= 4 is 0 Å². The Morgan fingerprint density at radius 1 is 1.15 bits per heavy atom. The lowest BCUT2D eigenvalue weighted by atomic mass is 9.63. The topological polar surface area (TPSA) is 26.0 Å². The Kier molecular flexibility index (Phi) is 6.61. The van der Waals surface area contributed by atoms with Crippen LogP contribution in [0.3, 0.4) is 0 Å². The highest BCUT2D eigenvalue weighted by molar-refractivity contribution is 4.89. The zero-order valence-electron chi connectivity index (χ0n) is 13.7. The van der Waals surface area contributed by atoms with Crippen LogP contribution in [0.25, 0.3) is 0 Å². The molecule has 0 bridgehead atoms. The largest absolute Gasteiger partial charge is 0.330 e. The molecule has 0 aromatic rings. The minimum Gasteiger partial charge on any atom is -0.330 e. The van der Waals surface area contributed by atoms with Crippen LogP contribution in [0.2, 0.25) is 0 Å². The van der Waals surface area contributed by atoms with E-state index in [1.54, 1.807) is 0 Å². The normalized spacial score (nSPS) is 36.0. The fourth-order valence-corrected chi connectivity index (χ4v) is 4.87. The summed E-state index contributed by atoms with van der Waals surface area (Å²) in [4.78, 5) is 0. The fraction of sp³-hybridized carbons (Fsp3) is 0.895. The Balaban J connectivity index is 1.79. The van der Waals surface area contributed by atoms with Crippen LogP contribution in [0.15, 0.2) is 12.2 Å². The molecular weight excluding hydrogens is 242 g/mol. The maximum atomic E-state index is 5.74. The van der Waals surface area contributed by atoms with Crippen molar-refractivity contribution in [3.05, 3.63) is 12.2 Å². The van der Waals surface area contributed by atoms with Gasteiger partial charge < -0.3 is 5.73 Å². The molecule has 2 aliphatic rings. The number of hydrogen-bond acceptors (Lipinski definition) is 1. The van der Waals surface area contributed by atoms with E-state index in [0.29, 0.717) is 0 Å². The van der Waals surface area contributed by atoms with Crippen molar-refractivity contribution in [1.82, 2.24) is 0 Å². The summed E-state index contributed by atoms with van der Waals surface area (Å²) in [6.07, 6.45) is 17.6. The summed E-state index contributed by atoms with van der Waals surface area (Å²) in [6, 6.07) is 0. The second-order valence-corrected chi connectivity index (χ2v) is 7.45. The quantitative estimate of drug-likeness (QED) is 0.667. The van der Waals surface area contributed by atoms with Gasteiger partial charge in [-0.3, -0.25) is 0 Å². The van der Waals surface area contributed by atoms with Crippen LogP contribution in [0.1, 0.15) is 71.6 Å². The van der Waals surface area contributed by atoms with E-state index >= 15 is 0 Å². The summed E-state index contributed by atoms with van der Waals surface area (Å²) < 4.78 is 0. The van der Waals surface area contributed by atoms with Crippen molar-refractivity contribution < 1.29 is 0 Å². The molecule has 0 saturated heterocycles. The van der Waals surface area contributed by atoms with Gasteiger partial charge in [-0.1, -0.05) is 44.8 Å². The van der Waals surface area contributed by atoms with E-state index in [1.807, 2.05) is 0 Å². The van der Waals surface area contributed by atoms with Gasteiger partial charge in [-0.2, -0.15) is 0 Å². The first-order valence-corrected chi connectivity index (χ1v) is 9.07. The number of allylic oxidation sites excluding steroid dienone is 2. The summed E-state index contributed by atoms with van der Waals surface area (Å²) >= 11 is 0. The molecule has 5 unspecified atom stereocenters. The number of nitrogens with two attached hydrogens (primary N) is 1. The van der Waals surface area contributed by atoms with E-state index in [9.17, 15) is 0 Å². The lowest BCUT2D eigenvalue weighted by Gasteiger charge is -2.43. The van der Waals surface area contributed by atoms with Gasteiger partial charge in [0.05, 0.1) is 0 Å². The summed E-state index contributed by atoms with van der Waals surface area (Å²) in [7, 11) is 0. The minimum absolute atomic E-state index is 0.728. The molecule has 0 amide bonds. The predicted molar refractivity (Wildman–Crippen MR) is 88.5 cm³/mol. The molecule has 2 fully saturated rings. The molecule has 20 heavy (non-hydrogen) atoms. The Labute approximate surface area is 126 Å². The highest BCUT2D eigenvalue weighted by atomic mass is 14.5. The first-order chi connectivity index (χ1) is 9.74. The van der Waals surface area contributed by atoms with Crippen molar-refractivity contribution in [3.63, 3.8) is 0 Å². The van der Waals surface area contributed by atoms with Crippen molar-refractivity contribution in [2.45, 2.75) is 71.6 Å². The van der Waals surface area contributed by atoms with Crippen LogP contribution in [-0.2, 0) is 0 Å². The van der Waals surface area contributed by atoms with Gasteiger partial charge in [0.15, 0.2) is 0 Å². The molecule has 2 saturated carbocycles. The highest BCUT2D eigenvalue weighted by Gasteiger charge is 2.35. The zero-order chi connectivity index (χ0) is 14.4. The maximum Gasteiger partial charge on any atom is -0.00717 e. The van der Waals surface area contributed by atoms with Crippen LogP contribution in [0, 0.1) is 29.6 Å². The summed E-state index contributed by atoms with van der Waals surface area (Å²) in [6.45, 7) is 5.48. The number of hydrogen-bond donors (Lipinski definition) is 1. The molecule has 116 valence electrons. The Morgan fingerprint density at radius 2 is 2.00 bits per heavy atom. The van der Waals surface area contributed by atoms with Gasteiger partial charge >= 0.3 is 0 Å². The third kappa shape index (κ3) is 4.35. The molecule has 0 spiro atoms. The molecule has 0 aliphatic heterocycles. The van der Waals surface area contributed by atoms with E-state index in [1.165, 1.54) is 57.8 Å². The van der Waals surface area contributed by atoms with Crippen LogP contribution in [0.4, 0.5) is 0 Å². The zero-order valence-corrected chi connectivity index (χ0v) is 13.7. The van der Waals surface area contributed by atoms with Crippen LogP contribution >= 0.6 is 0 Å². The first-order valence-electron chi connectivity index (χ1n) is 9.07. The second-order valence-electron chi connectivity index (χ2n) is 7.45. The third-order valence-corrected chi connectivity index (χ3v) is 6.07. The highest BCUT2D eigenvalue weighted by Crippen LogP contribution is 2.46. The van der Waals surface area contributed by atoms with Crippen molar-refractivity contribution in [3.8, 4) is 0 Å².